The van der Waals surface area contributed by atoms with Crippen molar-refractivity contribution < 1.29 is 4.39 Å². The van der Waals surface area contributed by atoms with Gasteiger partial charge < -0.3 is 4.90 Å². The highest BCUT2D eigenvalue weighted by atomic mass is 35.5. The van der Waals surface area contributed by atoms with Crippen molar-refractivity contribution in [3.63, 3.8) is 0 Å². The molecule has 0 fully saturated rings. The van der Waals surface area contributed by atoms with Crippen LogP contribution in [0.1, 0.15) is 6.42 Å². The fraction of sp³-hybridized carbons (Fsp3) is 0.400. The maximum absolute atomic E-state index is 13.2. The molecule has 0 N–H and O–H groups in total. The molecule has 0 saturated carbocycles. The molecule has 1 aromatic carbocycles. The van der Waals surface area contributed by atoms with E-state index in [1.807, 2.05) is 18.0 Å². The lowest BCUT2D eigenvalue weighted by molar-refractivity contribution is 0.622. The Kier molecular flexibility index (Phi) is 4.03. The van der Waals surface area contributed by atoms with Crippen LogP contribution < -0.4 is 4.90 Å². The van der Waals surface area contributed by atoms with E-state index >= 15 is 0 Å². The summed E-state index contributed by atoms with van der Waals surface area (Å²) >= 11 is 5.55. The minimum Gasteiger partial charge on any atom is -0.372 e. The van der Waals surface area contributed by atoms with Crippen LogP contribution in [0.25, 0.3) is 0 Å². The first-order valence-electron chi connectivity index (χ1n) is 4.27. The lowest BCUT2D eigenvalue weighted by atomic mass is 10.3. The number of anilines is 1. The normalized spacial score (nSPS) is 10.1. The van der Waals surface area contributed by atoms with Gasteiger partial charge in [0.25, 0.3) is 0 Å². The van der Waals surface area contributed by atoms with Gasteiger partial charge in [0, 0.05) is 19.5 Å². The molecule has 72 valence electrons. The first-order chi connectivity index (χ1) is 6.25. The third-order valence-electron chi connectivity index (χ3n) is 1.89. The second-order valence-electron chi connectivity index (χ2n) is 2.92. The van der Waals surface area contributed by atoms with Gasteiger partial charge in [-0.15, -0.1) is 11.6 Å². The number of para-hydroxylation sites is 1. The van der Waals surface area contributed by atoms with E-state index in [2.05, 4.69) is 0 Å². The van der Waals surface area contributed by atoms with Gasteiger partial charge in [-0.1, -0.05) is 12.1 Å². The zero-order valence-corrected chi connectivity index (χ0v) is 8.39. The van der Waals surface area contributed by atoms with Gasteiger partial charge >= 0.3 is 0 Å². The molecule has 0 aromatic heterocycles. The summed E-state index contributed by atoms with van der Waals surface area (Å²) in [6, 6.07) is 6.75. The monoisotopic (exact) mass is 201 g/mol. The SMILES string of the molecule is CN(CCCCl)c1ccccc1F. The number of benzene rings is 1. The van der Waals surface area contributed by atoms with Crippen LogP contribution in [0.5, 0.6) is 0 Å². The average molecular weight is 202 g/mol. The predicted octanol–water partition coefficient (Wildman–Crippen LogP) is 2.89. The van der Waals surface area contributed by atoms with Crippen molar-refractivity contribution >= 4 is 17.3 Å². The van der Waals surface area contributed by atoms with Crippen molar-refractivity contribution in [2.24, 2.45) is 0 Å². The van der Waals surface area contributed by atoms with Crippen LogP contribution >= 0.6 is 11.6 Å². The highest BCUT2D eigenvalue weighted by molar-refractivity contribution is 6.17. The Morgan fingerprint density at radius 2 is 2.08 bits per heavy atom. The first-order valence-corrected chi connectivity index (χ1v) is 4.81. The molecule has 0 radical (unpaired) electrons. The number of hydrogen-bond acceptors (Lipinski definition) is 1. The molecule has 0 heterocycles. The summed E-state index contributed by atoms with van der Waals surface area (Å²) in [5.41, 5.74) is 0.632. The van der Waals surface area contributed by atoms with Gasteiger partial charge in [-0.2, -0.15) is 0 Å². The Labute approximate surface area is 83.1 Å². The molecule has 0 saturated heterocycles. The Bertz CT molecular complexity index is 265. The first kappa shape index (κ1) is 10.3. The van der Waals surface area contributed by atoms with E-state index in [4.69, 9.17) is 11.6 Å². The van der Waals surface area contributed by atoms with Crippen LogP contribution in [-0.4, -0.2) is 19.5 Å². The molecule has 0 unspecified atom stereocenters. The van der Waals surface area contributed by atoms with E-state index < -0.39 is 0 Å². The third-order valence-corrected chi connectivity index (χ3v) is 2.16. The van der Waals surface area contributed by atoms with Gasteiger partial charge in [0.1, 0.15) is 5.82 Å². The minimum absolute atomic E-state index is 0.181. The second-order valence-corrected chi connectivity index (χ2v) is 3.29. The second kappa shape index (κ2) is 5.07. The van der Waals surface area contributed by atoms with Crippen LogP contribution in [0, 0.1) is 5.82 Å². The Hall–Kier alpha value is -0.760. The zero-order chi connectivity index (χ0) is 9.68. The lowest BCUT2D eigenvalue weighted by Gasteiger charge is -2.18. The summed E-state index contributed by atoms with van der Waals surface area (Å²) in [6.45, 7) is 0.782. The largest absolute Gasteiger partial charge is 0.372 e. The number of alkyl halides is 1. The molecule has 0 aliphatic carbocycles. The molecular weight excluding hydrogens is 189 g/mol. The molecular formula is C10H13ClFN. The molecule has 1 aromatic rings. The summed E-state index contributed by atoms with van der Waals surface area (Å²) in [7, 11) is 1.87. The van der Waals surface area contributed by atoms with Gasteiger partial charge in [-0.05, 0) is 18.6 Å². The fourth-order valence-corrected chi connectivity index (χ4v) is 1.30. The summed E-state index contributed by atoms with van der Waals surface area (Å²) in [5, 5.41) is 0. The van der Waals surface area contributed by atoms with Crippen LogP contribution in [0.15, 0.2) is 24.3 Å². The van der Waals surface area contributed by atoms with E-state index in [-0.39, 0.29) is 5.82 Å². The number of halogens is 2. The molecule has 0 amide bonds. The van der Waals surface area contributed by atoms with Crippen molar-refractivity contribution in [2.45, 2.75) is 6.42 Å². The van der Waals surface area contributed by atoms with E-state index in [1.54, 1.807) is 12.1 Å². The molecule has 0 aliphatic heterocycles. The Morgan fingerprint density at radius 1 is 1.38 bits per heavy atom. The van der Waals surface area contributed by atoms with Crippen LogP contribution in [0.3, 0.4) is 0 Å². The van der Waals surface area contributed by atoms with Crippen molar-refractivity contribution in [1.29, 1.82) is 0 Å². The van der Waals surface area contributed by atoms with Crippen LogP contribution in [0.4, 0.5) is 10.1 Å². The highest BCUT2D eigenvalue weighted by Gasteiger charge is 2.04. The maximum atomic E-state index is 13.2. The molecule has 0 bridgehead atoms. The number of hydrogen-bond donors (Lipinski definition) is 0. The summed E-state index contributed by atoms with van der Waals surface area (Å²) in [5.74, 6) is 0.429. The topological polar surface area (TPSA) is 3.24 Å². The highest BCUT2D eigenvalue weighted by Crippen LogP contribution is 2.16. The molecule has 3 heteroatoms. The summed E-state index contributed by atoms with van der Waals surface area (Å²) in [6.07, 6.45) is 0.867. The van der Waals surface area contributed by atoms with Crippen molar-refractivity contribution in [2.75, 3.05) is 24.4 Å². The van der Waals surface area contributed by atoms with Crippen LogP contribution in [-0.2, 0) is 0 Å². The Balaban J connectivity index is 2.65. The van der Waals surface area contributed by atoms with Gasteiger partial charge in [0.15, 0.2) is 0 Å². The van der Waals surface area contributed by atoms with Crippen molar-refractivity contribution in [1.82, 2.24) is 0 Å². The van der Waals surface area contributed by atoms with Gasteiger partial charge in [-0.3, -0.25) is 0 Å². The summed E-state index contributed by atoms with van der Waals surface area (Å²) < 4.78 is 13.2. The van der Waals surface area contributed by atoms with E-state index in [1.165, 1.54) is 6.07 Å². The van der Waals surface area contributed by atoms with Crippen molar-refractivity contribution in [3.8, 4) is 0 Å². The third kappa shape index (κ3) is 2.88. The standard InChI is InChI=1S/C10H13ClFN/c1-13(8-4-7-11)10-6-3-2-5-9(10)12/h2-3,5-6H,4,7-8H2,1H3. The Morgan fingerprint density at radius 3 is 2.69 bits per heavy atom. The molecule has 0 spiro atoms. The molecule has 1 nitrogen and oxygen atoms in total. The molecule has 13 heavy (non-hydrogen) atoms. The van der Waals surface area contributed by atoms with Gasteiger partial charge in [0.05, 0.1) is 5.69 Å². The predicted molar refractivity (Wildman–Crippen MR) is 55.0 cm³/mol. The number of rotatable bonds is 4. The van der Waals surface area contributed by atoms with Crippen LogP contribution in [0.2, 0.25) is 0 Å². The summed E-state index contributed by atoms with van der Waals surface area (Å²) in [4.78, 5) is 1.87. The average Bonchev–Trinajstić information content (AvgIpc) is 2.15. The maximum Gasteiger partial charge on any atom is 0.146 e. The van der Waals surface area contributed by atoms with E-state index in [0.717, 1.165) is 13.0 Å². The van der Waals surface area contributed by atoms with E-state index in [0.29, 0.717) is 11.6 Å². The van der Waals surface area contributed by atoms with Gasteiger partial charge in [0.2, 0.25) is 0 Å². The zero-order valence-electron chi connectivity index (χ0n) is 7.63. The molecule has 0 atom stereocenters. The quantitative estimate of drug-likeness (QED) is 0.678. The smallest absolute Gasteiger partial charge is 0.146 e. The lowest BCUT2D eigenvalue weighted by Crippen LogP contribution is -2.19. The number of nitrogens with zero attached hydrogens (tertiary/aromatic N) is 1. The molecule has 1 rings (SSSR count). The molecule has 0 aliphatic rings. The van der Waals surface area contributed by atoms with Crippen molar-refractivity contribution in [3.05, 3.63) is 30.1 Å². The fourth-order valence-electron chi connectivity index (χ4n) is 1.18. The van der Waals surface area contributed by atoms with E-state index in [9.17, 15) is 4.39 Å². The minimum atomic E-state index is -0.181. The van der Waals surface area contributed by atoms with Gasteiger partial charge in [-0.25, -0.2) is 4.39 Å².